The SMILES string of the molecule is O=C(C1CCN(c2ccncn2)CC1)N1CCN(Cc2ccccc2)CC1. The Morgan fingerprint density at radius 3 is 2.37 bits per heavy atom. The van der Waals surface area contributed by atoms with Gasteiger partial charge in [0.15, 0.2) is 0 Å². The zero-order chi connectivity index (χ0) is 18.5. The maximum absolute atomic E-state index is 12.9. The van der Waals surface area contributed by atoms with Gasteiger partial charge < -0.3 is 9.80 Å². The van der Waals surface area contributed by atoms with E-state index in [-0.39, 0.29) is 5.92 Å². The molecule has 0 aliphatic carbocycles. The average molecular weight is 365 g/mol. The van der Waals surface area contributed by atoms with Gasteiger partial charge in [-0.15, -0.1) is 0 Å². The first kappa shape index (κ1) is 17.9. The van der Waals surface area contributed by atoms with Crippen molar-refractivity contribution in [2.45, 2.75) is 19.4 Å². The van der Waals surface area contributed by atoms with E-state index >= 15 is 0 Å². The minimum Gasteiger partial charge on any atom is -0.356 e. The fourth-order valence-corrected chi connectivity index (χ4v) is 4.05. The number of carbonyl (C=O) groups is 1. The Morgan fingerprint density at radius 2 is 1.70 bits per heavy atom. The molecule has 0 spiro atoms. The lowest BCUT2D eigenvalue weighted by Crippen LogP contribution is -2.51. The predicted octanol–water partition coefficient (Wildman–Crippen LogP) is 2.04. The van der Waals surface area contributed by atoms with E-state index in [2.05, 4.69) is 55.0 Å². The largest absolute Gasteiger partial charge is 0.356 e. The molecule has 0 atom stereocenters. The number of anilines is 1. The first-order valence-corrected chi connectivity index (χ1v) is 9.85. The summed E-state index contributed by atoms with van der Waals surface area (Å²) < 4.78 is 0. The number of hydrogen-bond acceptors (Lipinski definition) is 5. The Kier molecular flexibility index (Phi) is 5.63. The van der Waals surface area contributed by atoms with Crippen molar-refractivity contribution < 1.29 is 4.79 Å². The van der Waals surface area contributed by atoms with E-state index in [0.29, 0.717) is 5.91 Å². The molecule has 2 fully saturated rings. The molecule has 1 aromatic carbocycles. The van der Waals surface area contributed by atoms with Gasteiger partial charge in [-0.05, 0) is 24.5 Å². The van der Waals surface area contributed by atoms with Crippen molar-refractivity contribution in [2.75, 3.05) is 44.2 Å². The Balaban J connectivity index is 1.24. The van der Waals surface area contributed by atoms with E-state index in [0.717, 1.165) is 64.5 Å². The number of piperazine rings is 1. The van der Waals surface area contributed by atoms with Crippen molar-refractivity contribution in [3.05, 3.63) is 54.5 Å². The normalized spacial score (nSPS) is 19.3. The second-order valence-electron chi connectivity index (χ2n) is 7.42. The monoisotopic (exact) mass is 365 g/mol. The molecule has 2 saturated heterocycles. The number of hydrogen-bond donors (Lipinski definition) is 0. The summed E-state index contributed by atoms with van der Waals surface area (Å²) in [6.07, 6.45) is 5.18. The van der Waals surface area contributed by atoms with Gasteiger partial charge in [-0.3, -0.25) is 9.69 Å². The van der Waals surface area contributed by atoms with Crippen molar-refractivity contribution in [3.8, 4) is 0 Å². The highest BCUT2D eigenvalue weighted by Gasteiger charge is 2.30. The second kappa shape index (κ2) is 8.48. The lowest BCUT2D eigenvalue weighted by atomic mass is 9.95. The van der Waals surface area contributed by atoms with Crippen molar-refractivity contribution in [1.82, 2.24) is 19.8 Å². The van der Waals surface area contributed by atoms with Gasteiger partial charge in [-0.1, -0.05) is 30.3 Å². The fraction of sp³-hybridized carbons (Fsp3) is 0.476. The third kappa shape index (κ3) is 4.45. The van der Waals surface area contributed by atoms with E-state index in [9.17, 15) is 4.79 Å². The Labute approximate surface area is 160 Å². The molecule has 2 aliphatic rings. The minimum absolute atomic E-state index is 0.156. The maximum atomic E-state index is 12.9. The molecule has 1 amide bonds. The highest BCUT2D eigenvalue weighted by molar-refractivity contribution is 5.79. The van der Waals surface area contributed by atoms with Crippen LogP contribution in [0.5, 0.6) is 0 Å². The van der Waals surface area contributed by atoms with Crippen LogP contribution < -0.4 is 4.90 Å². The van der Waals surface area contributed by atoms with Crippen LogP contribution in [0, 0.1) is 5.92 Å². The molecule has 1 aromatic heterocycles. The molecule has 0 saturated carbocycles. The Bertz CT molecular complexity index is 723. The molecule has 0 radical (unpaired) electrons. The van der Waals surface area contributed by atoms with Gasteiger partial charge in [0.25, 0.3) is 0 Å². The fourth-order valence-electron chi connectivity index (χ4n) is 4.05. The summed E-state index contributed by atoms with van der Waals surface area (Å²) in [5.41, 5.74) is 1.34. The zero-order valence-electron chi connectivity index (χ0n) is 15.7. The van der Waals surface area contributed by atoms with Crippen LogP contribution >= 0.6 is 0 Å². The van der Waals surface area contributed by atoms with Crippen molar-refractivity contribution in [2.24, 2.45) is 5.92 Å². The average Bonchev–Trinajstić information content (AvgIpc) is 2.75. The molecule has 3 heterocycles. The lowest BCUT2D eigenvalue weighted by Gasteiger charge is -2.38. The number of nitrogens with zero attached hydrogens (tertiary/aromatic N) is 5. The van der Waals surface area contributed by atoms with Crippen LogP contribution in [-0.2, 0) is 11.3 Å². The summed E-state index contributed by atoms with van der Waals surface area (Å²) in [7, 11) is 0. The molecule has 27 heavy (non-hydrogen) atoms. The van der Waals surface area contributed by atoms with Crippen LogP contribution in [0.2, 0.25) is 0 Å². The second-order valence-corrected chi connectivity index (χ2v) is 7.42. The van der Waals surface area contributed by atoms with Gasteiger partial charge in [0, 0.05) is 57.9 Å². The third-order valence-electron chi connectivity index (χ3n) is 5.67. The van der Waals surface area contributed by atoms with Crippen molar-refractivity contribution in [3.63, 3.8) is 0 Å². The third-order valence-corrected chi connectivity index (χ3v) is 5.67. The lowest BCUT2D eigenvalue weighted by molar-refractivity contribution is -0.138. The van der Waals surface area contributed by atoms with E-state index in [4.69, 9.17) is 0 Å². The molecule has 2 aliphatic heterocycles. The maximum Gasteiger partial charge on any atom is 0.225 e. The van der Waals surface area contributed by atoms with Crippen LogP contribution in [0.1, 0.15) is 18.4 Å². The highest BCUT2D eigenvalue weighted by Crippen LogP contribution is 2.23. The van der Waals surface area contributed by atoms with Gasteiger partial charge in [0.05, 0.1) is 0 Å². The van der Waals surface area contributed by atoms with Gasteiger partial charge in [0.1, 0.15) is 12.1 Å². The van der Waals surface area contributed by atoms with Gasteiger partial charge in [-0.25, -0.2) is 9.97 Å². The predicted molar refractivity (Wildman–Crippen MR) is 105 cm³/mol. The molecule has 0 unspecified atom stereocenters. The summed E-state index contributed by atoms with van der Waals surface area (Å²) in [4.78, 5) is 28.0. The topological polar surface area (TPSA) is 52.6 Å². The van der Waals surface area contributed by atoms with Crippen LogP contribution in [-0.4, -0.2) is 64.9 Å². The Hall–Kier alpha value is -2.47. The number of piperidine rings is 1. The summed E-state index contributed by atoms with van der Waals surface area (Å²) in [6.45, 7) is 6.36. The molecule has 0 N–H and O–H groups in total. The quantitative estimate of drug-likeness (QED) is 0.830. The van der Waals surface area contributed by atoms with Gasteiger partial charge in [-0.2, -0.15) is 0 Å². The van der Waals surface area contributed by atoms with Gasteiger partial charge in [0.2, 0.25) is 5.91 Å². The molecule has 142 valence electrons. The standard InChI is InChI=1S/C21H27N5O/c27-21(19-7-10-25(11-8-19)20-6-9-22-17-23-20)26-14-12-24(13-15-26)16-18-4-2-1-3-5-18/h1-6,9,17,19H,7-8,10-16H2. The molecule has 0 bridgehead atoms. The number of benzene rings is 1. The molecule has 6 heteroatoms. The summed E-state index contributed by atoms with van der Waals surface area (Å²) in [5.74, 6) is 1.46. The van der Waals surface area contributed by atoms with Crippen LogP contribution in [0.15, 0.2) is 48.9 Å². The Morgan fingerprint density at radius 1 is 0.963 bits per heavy atom. The molecular weight excluding hydrogens is 338 g/mol. The summed E-state index contributed by atoms with van der Waals surface area (Å²) >= 11 is 0. The van der Waals surface area contributed by atoms with Crippen molar-refractivity contribution in [1.29, 1.82) is 0 Å². The van der Waals surface area contributed by atoms with Crippen LogP contribution in [0.3, 0.4) is 0 Å². The number of aromatic nitrogens is 2. The van der Waals surface area contributed by atoms with E-state index < -0.39 is 0 Å². The highest BCUT2D eigenvalue weighted by atomic mass is 16.2. The van der Waals surface area contributed by atoms with E-state index in [1.54, 1.807) is 12.5 Å². The van der Waals surface area contributed by atoms with Gasteiger partial charge >= 0.3 is 0 Å². The van der Waals surface area contributed by atoms with Crippen LogP contribution in [0.4, 0.5) is 5.82 Å². The number of carbonyl (C=O) groups excluding carboxylic acids is 1. The molecule has 2 aromatic rings. The zero-order valence-corrected chi connectivity index (χ0v) is 15.7. The molecule has 6 nitrogen and oxygen atoms in total. The van der Waals surface area contributed by atoms with Crippen molar-refractivity contribution >= 4 is 11.7 Å². The summed E-state index contributed by atoms with van der Waals surface area (Å²) in [5, 5.41) is 0. The number of amides is 1. The van der Waals surface area contributed by atoms with E-state index in [1.165, 1.54) is 5.56 Å². The number of rotatable bonds is 4. The summed E-state index contributed by atoms with van der Waals surface area (Å²) in [6, 6.07) is 12.5. The minimum atomic E-state index is 0.156. The first-order chi connectivity index (χ1) is 13.3. The van der Waals surface area contributed by atoms with E-state index in [1.807, 2.05) is 6.07 Å². The smallest absolute Gasteiger partial charge is 0.225 e. The molecular formula is C21H27N5O. The first-order valence-electron chi connectivity index (χ1n) is 9.85. The van der Waals surface area contributed by atoms with Crippen LogP contribution in [0.25, 0.3) is 0 Å². The molecule has 4 rings (SSSR count).